The fraction of sp³-hybridized carbons (Fsp3) is 0.500. The highest BCUT2D eigenvalue weighted by molar-refractivity contribution is 5.95. The quantitative estimate of drug-likeness (QED) is 0.749. The fourth-order valence-corrected chi connectivity index (χ4v) is 2.04. The van der Waals surface area contributed by atoms with Gasteiger partial charge in [0.25, 0.3) is 0 Å². The zero-order valence-corrected chi connectivity index (χ0v) is 13.1. The number of hydrogen-bond donors (Lipinski definition) is 3. The number of carbonyl (C=O) groups excluding carboxylic acids is 1. The van der Waals surface area contributed by atoms with Crippen molar-refractivity contribution in [1.82, 2.24) is 5.32 Å². The van der Waals surface area contributed by atoms with Gasteiger partial charge in [0.05, 0.1) is 5.56 Å². The van der Waals surface area contributed by atoms with E-state index in [0.29, 0.717) is 17.2 Å². The molecule has 0 fully saturated rings. The Morgan fingerprint density at radius 2 is 1.86 bits per heavy atom. The number of hydrogen-bond acceptors (Lipinski definition) is 2. The van der Waals surface area contributed by atoms with Crippen LogP contribution in [-0.2, 0) is 0 Å². The first-order valence-electron chi connectivity index (χ1n) is 7.21. The zero-order valence-electron chi connectivity index (χ0n) is 13.1. The van der Waals surface area contributed by atoms with Crippen molar-refractivity contribution in [2.75, 3.05) is 5.32 Å². The SMILES string of the molecule is Cc1c(NC(=O)NC(C)CCC(C)C)cccc1C(=O)O. The molecule has 1 rings (SSSR count). The molecule has 1 unspecified atom stereocenters. The summed E-state index contributed by atoms with van der Waals surface area (Å²) in [5.41, 5.74) is 1.26. The summed E-state index contributed by atoms with van der Waals surface area (Å²) in [5, 5.41) is 14.6. The summed E-state index contributed by atoms with van der Waals surface area (Å²) in [6.07, 6.45) is 1.97. The molecule has 0 aliphatic rings. The first-order valence-corrected chi connectivity index (χ1v) is 7.21. The Bertz CT molecular complexity index is 512. The number of anilines is 1. The summed E-state index contributed by atoms with van der Waals surface area (Å²) in [5.74, 6) is -0.395. The van der Waals surface area contributed by atoms with Gasteiger partial charge in [-0.05, 0) is 50.3 Å². The van der Waals surface area contributed by atoms with Crippen LogP contribution in [0.1, 0.15) is 49.5 Å². The van der Waals surface area contributed by atoms with Crippen molar-refractivity contribution in [3.05, 3.63) is 29.3 Å². The van der Waals surface area contributed by atoms with Gasteiger partial charge in [-0.2, -0.15) is 0 Å². The monoisotopic (exact) mass is 292 g/mol. The number of carbonyl (C=O) groups is 2. The van der Waals surface area contributed by atoms with Crippen molar-refractivity contribution in [2.24, 2.45) is 5.92 Å². The van der Waals surface area contributed by atoms with Crippen LogP contribution < -0.4 is 10.6 Å². The van der Waals surface area contributed by atoms with Crippen molar-refractivity contribution < 1.29 is 14.7 Å². The second-order valence-electron chi connectivity index (χ2n) is 5.75. The maximum absolute atomic E-state index is 11.9. The molecule has 1 aromatic rings. The van der Waals surface area contributed by atoms with Gasteiger partial charge < -0.3 is 15.7 Å². The van der Waals surface area contributed by atoms with Crippen LogP contribution in [0.5, 0.6) is 0 Å². The lowest BCUT2D eigenvalue weighted by Gasteiger charge is -2.17. The van der Waals surface area contributed by atoms with Gasteiger partial charge in [-0.15, -0.1) is 0 Å². The van der Waals surface area contributed by atoms with Crippen LogP contribution >= 0.6 is 0 Å². The molecule has 0 spiro atoms. The third-order valence-electron chi connectivity index (χ3n) is 3.37. The van der Waals surface area contributed by atoms with Crippen LogP contribution in [0.15, 0.2) is 18.2 Å². The number of urea groups is 1. The minimum atomic E-state index is -0.998. The predicted octanol–water partition coefficient (Wildman–Crippen LogP) is 3.64. The maximum atomic E-state index is 11.9. The van der Waals surface area contributed by atoms with Crippen LogP contribution in [0.2, 0.25) is 0 Å². The minimum Gasteiger partial charge on any atom is -0.478 e. The molecule has 0 aromatic heterocycles. The van der Waals surface area contributed by atoms with Crippen LogP contribution in [0.25, 0.3) is 0 Å². The number of aromatic carboxylic acids is 1. The van der Waals surface area contributed by atoms with Crippen molar-refractivity contribution in [2.45, 2.75) is 46.6 Å². The van der Waals surface area contributed by atoms with E-state index in [1.54, 1.807) is 19.1 Å². The normalized spacial score (nSPS) is 12.0. The Kier molecular flexibility index (Phi) is 6.21. The van der Waals surface area contributed by atoms with Crippen LogP contribution in [0.4, 0.5) is 10.5 Å². The topological polar surface area (TPSA) is 78.4 Å². The van der Waals surface area contributed by atoms with Gasteiger partial charge in [0, 0.05) is 11.7 Å². The molecule has 0 saturated heterocycles. The molecule has 0 aliphatic heterocycles. The molecule has 5 heteroatoms. The van der Waals surface area contributed by atoms with Crippen molar-refractivity contribution in [3.8, 4) is 0 Å². The predicted molar refractivity (Wildman–Crippen MR) is 83.8 cm³/mol. The smallest absolute Gasteiger partial charge is 0.336 e. The third kappa shape index (κ3) is 5.45. The number of carboxylic acid groups (broad SMARTS) is 1. The van der Waals surface area contributed by atoms with Gasteiger partial charge in [-0.1, -0.05) is 19.9 Å². The van der Waals surface area contributed by atoms with Gasteiger partial charge in [0.15, 0.2) is 0 Å². The molecule has 0 bridgehead atoms. The zero-order chi connectivity index (χ0) is 16.0. The largest absolute Gasteiger partial charge is 0.478 e. The first kappa shape index (κ1) is 17.0. The van der Waals surface area contributed by atoms with Crippen molar-refractivity contribution in [1.29, 1.82) is 0 Å². The molecule has 0 radical (unpaired) electrons. The number of rotatable bonds is 6. The molecule has 21 heavy (non-hydrogen) atoms. The average Bonchev–Trinajstić information content (AvgIpc) is 2.38. The van der Waals surface area contributed by atoms with Crippen LogP contribution in [0, 0.1) is 12.8 Å². The standard InChI is InChI=1S/C16H24N2O3/c1-10(2)8-9-11(3)17-16(21)18-14-7-5-6-13(12(14)4)15(19)20/h5-7,10-11H,8-9H2,1-4H3,(H,19,20)(H2,17,18,21). The number of nitrogens with one attached hydrogen (secondary N) is 2. The Balaban J connectivity index is 2.63. The van der Waals surface area contributed by atoms with E-state index >= 15 is 0 Å². The van der Waals surface area contributed by atoms with E-state index in [1.165, 1.54) is 6.07 Å². The summed E-state index contributed by atoms with van der Waals surface area (Å²) in [6, 6.07) is 4.60. The van der Waals surface area contributed by atoms with E-state index in [4.69, 9.17) is 5.11 Å². The minimum absolute atomic E-state index is 0.0790. The molecule has 0 aliphatic carbocycles. The Labute approximate surface area is 125 Å². The van der Waals surface area contributed by atoms with Crippen molar-refractivity contribution in [3.63, 3.8) is 0 Å². The molecular weight excluding hydrogens is 268 g/mol. The highest BCUT2D eigenvalue weighted by atomic mass is 16.4. The lowest BCUT2D eigenvalue weighted by molar-refractivity contribution is 0.0696. The van der Waals surface area contributed by atoms with Gasteiger partial charge in [0.2, 0.25) is 0 Å². The lowest BCUT2D eigenvalue weighted by Crippen LogP contribution is -2.36. The molecule has 2 amide bonds. The fourth-order valence-electron chi connectivity index (χ4n) is 2.04. The van der Waals surface area contributed by atoms with Crippen LogP contribution in [-0.4, -0.2) is 23.1 Å². The molecule has 116 valence electrons. The Morgan fingerprint density at radius 1 is 1.19 bits per heavy atom. The van der Waals surface area contributed by atoms with Crippen LogP contribution in [0.3, 0.4) is 0 Å². The summed E-state index contributed by atoms with van der Waals surface area (Å²) >= 11 is 0. The second kappa shape index (κ2) is 7.67. The second-order valence-corrected chi connectivity index (χ2v) is 5.75. The third-order valence-corrected chi connectivity index (χ3v) is 3.37. The van der Waals surface area contributed by atoms with E-state index in [1.807, 2.05) is 6.92 Å². The molecule has 5 nitrogen and oxygen atoms in total. The van der Waals surface area contributed by atoms with E-state index < -0.39 is 5.97 Å². The highest BCUT2D eigenvalue weighted by Gasteiger charge is 2.13. The molecule has 0 heterocycles. The summed E-state index contributed by atoms with van der Waals surface area (Å²) in [7, 11) is 0. The molecule has 1 atom stereocenters. The first-order chi connectivity index (χ1) is 9.81. The summed E-state index contributed by atoms with van der Waals surface area (Å²) < 4.78 is 0. The van der Waals surface area contributed by atoms with Gasteiger partial charge in [-0.3, -0.25) is 0 Å². The Hall–Kier alpha value is -2.04. The summed E-state index contributed by atoms with van der Waals surface area (Å²) in [4.78, 5) is 23.0. The molecular formula is C16H24N2O3. The number of carboxylic acids is 1. The van der Waals surface area contributed by atoms with E-state index in [9.17, 15) is 9.59 Å². The van der Waals surface area contributed by atoms with Gasteiger partial charge >= 0.3 is 12.0 Å². The van der Waals surface area contributed by atoms with Gasteiger partial charge in [0.1, 0.15) is 0 Å². The molecule has 0 saturated carbocycles. The maximum Gasteiger partial charge on any atom is 0.336 e. The van der Waals surface area contributed by atoms with E-state index in [2.05, 4.69) is 24.5 Å². The Morgan fingerprint density at radius 3 is 2.43 bits per heavy atom. The average molecular weight is 292 g/mol. The summed E-state index contributed by atoms with van der Waals surface area (Å²) in [6.45, 7) is 7.94. The number of amides is 2. The molecule has 1 aromatic carbocycles. The van der Waals surface area contributed by atoms with E-state index in [-0.39, 0.29) is 17.6 Å². The van der Waals surface area contributed by atoms with Gasteiger partial charge in [-0.25, -0.2) is 9.59 Å². The number of benzene rings is 1. The highest BCUT2D eigenvalue weighted by Crippen LogP contribution is 2.19. The lowest BCUT2D eigenvalue weighted by atomic mass is 10.0. The van der Waals surface area contributed by atoms with Crippen molar-refractivity contribution >= 4 is 17.7 Å². The molecule has 3 N–H and O–H groups in total. The van der Waals surface area contributed by atoms with E-state index in [0.717, 1.165) is 12.8 Å².